The zero-order valence-electron chi connectivity index (χ0n) is 13.4. The van der Waals surface area contributed by atoms with E-state index in [0.717, 1.165) is 11.3 Å². The predicted molar refractivity (Wildman–Crippen MR) is 85.2 cm³/mol. The van der Waals surface area contributed by atoms with Gasteiger partial charge in [-0.2, -0.15) is 5.26 Å². The van der Waals surface area contributed by atoms with Crippen molar-refractivity contribution in [2.75, 3.05) is 12.9 Å². The molecule has 0 saturated heterocycles. The van der Waals surface area contributed by atoms with E-state index in [0.29, 0.717) is 16.6 Å². The summed E-state index contributed by atoms with van der Waals surface area (Å²) in [5, 5.41) is 10.2. The highest BCUT2D eigenvalue weighted by Gasteiger charge is 2.38. The van der Waals surface area contributed by atoms with Gasteiger partial charge >= 0.3 is 5.97 Å². The molecule has 0 saturated carbocycles. The maximum atomic E-state index is 12.2. The number of nitrogens with zero attached hydrogens (tertiary/aromatic N) is 1. The number of nitriles is 1. The van der Waals surface area contributed by atoms with Crippen molar-refractivity contribution in [3.05, 3.63) is 40.2 Å². The van der Waals surface area contributed by atoms with Gasteiger partial charge in [0.2, 0.25) is 5.88 Å². The molecule has 0 aliphatic carbocycles. The van der Waals surface area contributed by atoms with Crippen LogP contribution in [0.1, 0.15) is 31.1 Å². The average molecular weight is 334 g/mol. The van der Waals surface area contributed by atoms with E-state index in [4.69, 9.17) is 19.6 Å². The molecule has 0 bridgehead atoms. The number of aryl methyl sites for hydroxylation is 1. The monoisotopic (exact) mass is 334 g/mol. The lowest BCUT2D eigenvalue weighted by Crippen LogP contribution is -2.25. The van der Waals surface area contributed by atoms with Crippen LogP contribution in [0.25, 0.3) is 0 Å². The lowest BCUT2D eigenvalue weighted by atomic mass is 9.84. The molecular weight excluding hydrogens is 316 g/mol. The van der Waals surface area contributed by atoms with E-state index in [1.807, 2.05) is 26.0 Å². The molecule has 1 aromatic rings. The Labute approximate surface area is 138 Å². The molecule has 1 aliphatic rings. The van der Waals surface area contributed by atoms with Crippen LogP contribution in [0.3, 0.4) is 0 Å². The Kier molecular flexibility index (Phi) is 5.06. The zero-order valence-corrected chi connectivity index (χ0v) is 14.2. The molecule has 1 aromatic heterocycles. The molecule has 0 spiro atoms. The molecule has 2 heterocycles. The number of hydrogen-bond acceptors (Lipinski definition) is 7. The first-order valence-corrected chi connectivity index (χ1v) is 8.02. The number of methoxy groups -OCH3 is 1. The average Bonchev–Trinajstić information content (AvgIpc) is 2.86. The first-order valence-electron chi connectivity index (χ1n) is 7.04. The molecule has 0 aromatic carbocycles. The topological polar surface area (TPSA) is 98.5 Å². The van der Waals surface area contributed by atoms with Crippen molar-refractivity contribution in [3.8, 4) is 6.07 Å². The molecule has 0 amide bonds. The maximum absolute atomic E-state index is 12.2. The predicted octanol–water partition coefficient (Wildman–Crippen LogP) is 2.95. The first-order chi connectivity index (χ1) is 10.9. The van der Waals surface area contributed by atoms with Gasteiger partial charge in [-0.3, -0.25) is 0 Å². The van der Waals surface area contributed by atoms with Gasteiger partial charge < -0.3 is 19.6 Å². The van der Waals surface area contributed by atoms with Crippen molar-refractivity contribution in [1.82, 2.24) is 0 Å². The number of carbonyl (C=O) groups is 1. The molecule has 2 rings (SSSR count). The smallest absolute Gasteiger partial charge is 0.338 e. The molecule has 0 fully saturated rings. The van der Waals surface area contributed by atoms with Crippen LogP contribution in [0.4, 0.5) is 0 Å². The standard InChI is InChI=1S/C16H18N2O4S/c1-5-23-16-10(6-8(2)21-16)13-11(7-17)14(18)22-9(3)12(13)15(19)20-4/h6,13H,5,18H2,1-4H3/t13-/m0/s1. The fraction of sp³-hybridized carbons (Fsp3) is 0.375. The van der Waals surface area contributed by atoms with Crippen LogP contribution < -0.4 is 5.73 Å². The third-order valence-corrected chi connectivity index (χ3v) is 4.32. The maximum Gasteiger partial charge on any atom is 0.338 e. The zero-order chi connectivity index (χ0) is 17.1. The van der Waals surface area contributed by atoms with Crippen molar-refractivity contribution >= 4 is 17.7 Å². The number of ether oxygens (including phenoxy) is 2. The second kappa shape index (κ2) is 6.84. The number of esters is 1. The van der Waals surface area contributed by atoms with Crippen LogP contribution in [0, 0.1) is 18.3 Å². The van der Waals surface area contributed by atoms with Crippen LogP contribution in [0.2, 0.25) is 0 Å². The molecule has 7 heteroatoms. The van der Waals surface area contributed by atoms with Gasteiger partial charge in [0, 0.05) is 5.56 Å². The Morgan fingerprint density at radius 1 is 1.52 bits per heavy atom. The molecule has 1 atom stereocenters. The lowest BCUT2D eigenvalue weighted by molar-refractivity contribution is -0.136. The number of furan rings is 1. The highest BCUT2D eigenvalue weighted by Crippen LogP contribution is 2.44. The number of hydrogen-bond donors (Lipinski definition) is 1. The molecule has 23 heavy (non-hydrogen) atoms. The molecule has 2 N–H and O–H groups in total. The lowest BCUT2D eigenvalue weighted by Gasteiger charge is -2.26. The molecular formula is C16H18N2O4S. The van der Waals surface area contributed by atoms with Crippen molar-refractivity contribution in [1.29, 1.82) is 5.26 Å². The number of rotatable bonds is 4. The summed E-state index contributed by atoms with van der Waals surface area (Å²) in [7, 11) is 1.29. The quantitative estimate of drug-likeness (QED) is 0.667. The van der Waals surface area contributed by atoms with Gasteiger partial charge in [0.15, 0.2) is 5.09 Å². The van der Waals surface area contributed by atoms with Crippen LogP contribution in [0.5, 0.6) is 0 Å². The Hall–Kier alpha value is -2.33. The fourth-order valence-electron chi connectivity index (χ4n) is 2.52. The minimum absolute atomic E-state index is 0.00560. The summed E-state index contributed by atoms with van der Waals surface area (Å²) in [6.45, 7) is 5.43. The van der Waals surface area contributed by atoms with E-state index >= 15 is 0 Å². The Morgan fingerprint density at radius 2 is 2.22 bits per heavy atom. The van der Waals surface area contributed by atoms with Crippen molar-refractivity contribution < 1.29 is 18.7 Å². The normalized spacial score (nSPS) is 17.8. The largest absolute Gasteiger partial charge is 0.466 e. The third kappa shape index (κ3) is 3.08. The third-order valence-electron chi connectivity index (χ3n) is 3.45. The second-order valence-corrected chi connectivity index (χ2v) is 6.16. The SMILES string of the molecule is CCSc1oc(C)cc1[C@H]1C(C#N)=C(N)OC(C)=C1C(=O)OC. The van der Waals surface area contributed by atoms with Gasteiger partial charge in [-0.05, 0) is 25.7 Å². The van der Waals surface area contributed by atoms with E-state index < -0.39 is 11.9 Å². The minimum Gasteiger partial charge on any atom is -0.466 e. The van der Waals surface area contributed by atoms with E-state index in [1.165, 1.54) is 18.9 Å². The summed E-state index contributed by atoms with van der Waals surface area (Å²) in [5.74, 6) is 0.589. The summed E-state index contributed by atoms with van der Waals surface area (Å²) in [5.41, 5.74) is 7.01. The summed E-state index contributed by atoms with van der Waals surface area (Å²) in [4.78, 5) is 12.2. The van der Waals surface area contributed by atoms with Gasteiger partial charge in [0.05, 0.1) is 18.6 Å². The summed E-state index contributed by atoms with van der Waals surface area (Å²) in [6, 6.07) is 3.86. The van der Waals surface area contributed by atoms with Crippen LogP contribution in [-0.4, -0.2) is 18.8 Å². The van der Waals surface area contributed by atoms with Crippen molar-refractivity contribution in [3.63, 3.8) is 0 Å². The van der Waals surface area contributed by atoms with Crippen LogP contribution in [0.15, 0.2) is 38.4 Å². The minimum atomic E-state index is -0.660. The van der Waals surface area contributed by atoms with Crippen LogP contribution in [-0.2, 0) is 14.3 Å². The van der Waals surface area contributed by atoms with E-state index in [1.54, 1.807) is 6.92 Å². The highest BCUT2D eigenvalue weighted by molar-refractivity contribution is 7.99. The van der Waals surface area contributed by atoms with Gasteiger partial charge in [-0.25, -0.2) is 4.79 Å². The van der Waals surface area contributed by atoms with E-state index in [-0.39, 0.29) is 17.0 Å². The van der Waals surface area contributed by atoms with Crippen LogP contribution >= 0.6 is 11.8 Å². The number of nitrogens with two attached hydrogens (primary N) is 1. The first kappa shape index (κ1) is 17.0. The van der Waals surface area contributed by atoms with Gasteiger partial charge in [0.25, 0.3) is 0 Å². The number of carbonyl (C=O) groups excluding carboxylic acids is 1. The molecule has 0 radical (unpaired) electrons. The summed E-state index contributed by atoms with van der Waals surface area (Å²) in [6.07, 6.45) is 0. The molecule has 1 aliphatic heterocycles. The number of allylic oxidation sites excluding steroid dienone is 2. The summed E-state index contributed by atoms with van der Waals surface area (Å²) < 4.78 is 15.9. The van der Waals surface area contributed by atoms with Crippen molar-refractivity contribution in [2.45, 2.75) is 31.8 Å². The van der Waals surface area contributed by atoms with Gasteiger partial charge in [-0.15, -0.1) is 0 Å². The van der Waals surface area contributed by atoms with Crippen molar-refractivity contribution in [2.24, 2.45) is 5.73 Å². The Morgan fingerprint density at radius 3 is 2.78 bits per heavy atom. The van der Waals surface area contributed by atoms with Gasteiger partial charge in [-0.1, -0.05) is 18.7 Å². The van der Waals surface area contributed by atoms with E-state index in [9.17, 15) is 10.1 Å². The number of thioether (sulfide) groups is 1. The highest BCUT2D eigenvalue weighted by atomic mass is 32.2. The van der Waals surface area contributed by atoms with Gasteiger partial charge in [0.1, 0.15) is 23.2 Å². The Balaban J connectivity index is 2.68. The molecule has 0 unspecified atom stereocenters. The Bertz CT molecular complexity index is 740. The fourth-order valence-corrected chi connectivity index (χ4v) is 3.32. The van der Waals surface area contributed by atoms with E-state index in [2.05, 4.69) is 0 Å². The summed E-state index contributed by atoms with van der Waals surface area (Å²) >= 11 is 1.50. The molecule has 122 valence electrons. The molecule has 6 nitrogen and oxygen atoms in total. The second-order valence-electron chi connectivity index (χ2n) is 4.92.